The van der Waals surface area contributed by atoms with Crippen LogP contribution in [0, 0.1) is 11.3 Å². The number of hydrogen-bond donors (Lipinski definition) is 3. The molecule has 7 heteroatoms. The number of phenols is 1. The van der Waals surface area contributed by atoms with Crippen molar-refractivity contribution in [1.29, 1.82) is 5.26 Å². The Morgan fingerprint density at radius 2 is 2.04 bits per heavy atom. The molecule has 0 radical (unpaired) electrons. The molecule has 0 bridgehead atoms. The van der Waals surface area contributed by atoms with Gasteiger partial charge < -0.3 is 20.3 Å². The van der Waals surface area contributed by atoms with Crippen molar-refractivity contribution in [3.05, 3.63) is 71.1 Å². The van der Waals surface area contributed by atoms with Gasteiger partial charge in [0, 0.05) is 0 Å². The van der Waals surface area contributed by atoms with E-state index in [0.717, 1.165) is 16.8 Å². The van der Waals surface area contributed by atoms with Gasteiger partial charge in [-0.25, -0.2) is 0 Å². The van der Waals surface area contributed by atoms with Gasteiger partial charge in [0.1, 0.15) is 11.6 Å². The maximum Gasteiger partial charge on any atom is 0.244 e. The van der Waals surface area contributed by atoms with Crippen molar-refractivity contribution in [1.82, 2.24) is 10.2 Å². The number of nitrogens with two attached hydrogens (primary N) is 1. The van der Waals surface area contributed by atoms with Gasteiger partial charge in [0.15, 0.2) is 11.5 Å². The number of aromatic hydroxyl groups is 1. The molecule has 0 amide bonds. The minimum absolute atomic E-state index is 0.00755. The van der Waals surface area contributed by atoms with Crippen molar-refractivity contribution < 1.29 is 14.6 Å². The zero-order chi connectivity index (χ0) is 19.0. The molecule has 4 N–H and O–H groups in total. The average molecular weight is 360 g/mol. The van der Waals surface area contributed by atoms with Crippen LogP contribution in [0.1, 0.15) is 17.0 Å². The fraction of sp³-hybridized carbons (Fsp3) is 0.100. The Hall–Kier alpha value is -3.92. The summed E-state index contributed by atoms with van der Waals surface area (Å²) in [6.07, 6.45) is 0. The summed E-state index contributed by atoms with van der Waals surface area (Å²) in [5.74, 6) is 0.137. The first-order chi connectivity index (χ1) is 13.1. The zero-order valence-corrected chi connectivity index (χ0v) is 14.4. The van der Waals surface area contributed by atoms with E-state index in [9.17, 15) is 10.4 Å². The number of allylic oxidation sites excluding steroid dienone is 1. The van der Waals surface area contributed by atoms with Gasteiger partial charge in [-0.15, -0.1) is 5.10 Å². The van der Waals surface area contributed by atoms with Crippen molar-refractivity contribution in [3.63, 3.8) is 0 Å². The van der Waals surface area contributed by atoms with Gasteiger partial charge in [0.2, 0.25) is 11.8 Å². The zero-order valence-electron chi connectivity index (χ0n) is 14.4. The van der Waals surface area contributed by atoms with Crippen LogP contribution in [-0.4, -0.2) is 22.4 Å². The summed E-state index contributed by atoms with van der Waals surface area (Å²) in [4.78, 5) is 0. The number of nitrogens with zero attached hydrogens (tertiary/aromatic N) is 2. The fourth-order valence-corrected chi connectivity index (χ4v) is 3.28. The highest BCUT2D eigenvalue weighted by Gasteiger charge is 2.35. The topological polar surface area (TPSA) is 117 Å². The van der Waals surface area contributed by atoms with Crippen molar-refractivity contribution in [2.75, 3.05) is 7.11 Å². The second-order valence-corrected chi connectivity index (χ2v) is 6.04. The molecule has 27 heavy (non-hydrogen) atoms. The predicted molar refractivity (Wildman–Crippen MR) is 98.0 cm³/mol. The Labute approximate surface area is 155 Å². The van der Waals surface area contributed by atoms with Crippen LogP contribution < -0.4 is 15.2 Å². The standard InChI is InChI=1S/C20H16N4O3/c1-26-15-9-12(7-8-14(15)25)16-13(10-21)19(22)27-20-17(16)18(23-24-20)11-5-3-2-4-6-11/h2-9,16,25H,22H2,1H3,(H,23,24)/t16-/m0/s1. The van der Waals surface area contributed by atoms with E-state index in [-0.39, 0.29) is 17.2 Å². The summed E-state index contributed by atoms with van der Waals surface area (Å²) < 4.78 is 10.8. The smallest absolute Gasteiger partial charge is 0.244 e. The minimum atomic E-state index is -0.512. The lowest BCUT2D eigenvalue weighted by Gasteiger charge is -2.24. The molecular formula is C20H16N4O3. The number of phenolic OH excluding ortho intramolecular Hbond substituents is 1. The second-order valence-electron chi connectivity index (χ2n) is 6.04. The molecule has 0 saturated heterocycles. The molecule has 1 aliphatic rings. The minimum Gasteiger partial charge on any atom is -0.504 e. The predicted octanol–water partition coefficient (Wildman–Crippen LogP) is 3.01. The summed E-state index contributed by atoms with van der Waals surface area (Å²) in [6.45, 7) is 0. The van der Waals surface area contributed by atoms with E-state index in [1.165, 1.54) is 13.2 Å². The fourth-order valence-electron chi connectivity index (χ4n) is 3.28. The number of rotatable bonds is 3. The summed E-state index contributed by atoms with van der Waals surface area (Å²) in [5, 5.41) is 26.9. The summed E-state index contributed by atoms with van der Waals surface area (Å²) in [6, 6.07) is 16.7. The van der Waals surface area contributed by atoms with Gasteiger partial charge in [-0.3, -0.25) is 5.10 Å². The van der Waals surface area contributed by atoms with Crippen LogP contribution in [-0.2, 0) is 0 Å². The van der Waals surface area contributed by atoms with E-state index in [0.29, 0.717) is 17.2 Å². The second kappa shape index (κ2) is 6.42. The van der Waals surface area contributed by atoms with Gasteiger partial charge in [-0.05, 0) is 23.3 Å². The highest BCUT2D eigenvalue weighted by molar-refractivity contribution is 5.71. The molecule has 134 valence electrons. The maximum absolute atomic E-state index is 9.93. The van der Waals surface area contributed by atoms with Gasteiger partial charge in [-0.2, -0.15) is 5.26 Å². The number of nitrogens with one attached hydrogen (secondary N) is 1. The van der Waals surface area contributed by atoms with Crippen molar-refractivity contribution in [3.8, 4) is 34.7 Å². The summed E-state index contributed by atoms with van der Waals surface area (Å²) >= 11 is 0. The molecule has 2 aromatic carbocycles. The van der Waals surface area contributed by atoms with Crippen LogP contribution in [0.15, 0.2) is 60.0 Å². The van der Waals surface area contributed by atoms with Crippen LogP contribution in [0.25, 0.3) is 11.3 Å². The molecular weight excluding hydrogens is 344 g/mol. The van der Waals surface area contributed by atoms with Gasteiger partial charge in [0.05, 0.1) is 24.3 Å². The highest BCUT2D eigenvalue weighted by atomic mass is 16.5. The maximum atomic E-state index is 9.93. The number of benzene rings is 2. The van der Waals surface area contributed by atoms with Gasteiger partial charge in [0.25, 0.3) is 0 Å². The molecule has 3 aromatic rings. The lowest BCUT2D eigenvalue weighted by molar-refractivity contribution is 0.371. The lowest BCUT2D eigenvalue weighted by Crippen LogP contribution is -2.21. The molecule has 2 heterocycles. The SMILES string of the molecule is COc1cc([C@H]2C(C#N)=C(N)Oc3n[nH]c(-c4ccccc4)c32)ccc1O. The number of aromatic amines is 1. The molecule has 4 rings (SSSR count). The molecule has 1 aromatic heterocycles. The first-order valence-corrected chi connectivity index (χ1v) is 8.22. The summed E-state index contributed by atoms with van der Waals surface area (Å²) in [5.41, 5.74) is 9.33. The Kier molecular flexibility index (Phi) is 3.94. The Morgan fingerprint density at radius 3 is 2.74 bits per heavy atom. The van der Waals surface area contributed by atoms with E-state index in [1.807, 2.05) is 30.3 Å². The lowest BCUT2D eigenvalue weighted by atomic mass is 9.83. The quantitative estimate of drug-likeness (QED) is 0.661. The van der Waals surface area contributed by atoms with Crippen LogP contribution in [0.4, 0.5) is 0 Å². The van der Waals surface area contributed by atoms with Crippen molar-refractivity contribution in [2.45, 2.75) is 5.92 Å². The molecule has 1 atom stereocenters. The van der Waals surface area contributed by atoms with Crippen LogP contribution in [0.5, 0.6) is 17.4 Å². The molecule has 0 spiro atoms. The van der Waals surface area contributed by atoms with E-state index in [1.54, 1.807) is 12.1 Å². The Bertz CT molecular complexity index is 1080. The van der Waals surface area contributed by atoms with Crippen LogP contribution in [0.3, 0.4) is 0 Å². The van der Waals surface area contributed by atoms with E-state index in [2.05, 4.69) is 16.3 Å². The first-order valence-electron chi connectivity index (χ1n) is 8.22. The third-order valence-corrected chi connectivity index (χ3v) is 4.54. The molecule has 0 fully saturated rings. The van der Waals surface area contributed by atoms with E-state index >= 15 is 0 Å². The molecule has 1 aliphatic heterocycles. The van der Waals surface area contributed by atoms with Gasteiger partial charge in [-0.1, -0.05) is 36.4 Å². The number of H-pyrrole nitrogens is 1. The number of aromatic nitrogens is 2. The van der Waals surface area contributed by atoms with Crippen molar-refractivity contribution in [2.24, 2.45) is 5.73 Å². The number of methoxy groups -OCH3 is 1. The highest BCUT2D eigenvalue weighted by Crippen LogP contribution is 2.46. The number of fused-ring (bicyclic) bond motifs is 1. The van der Waals surface area contributed by atoms with E-state index < -0.39 is 5.92 Å². The molecule has 0 saturated carbocycles. The average Bonchev–Trinajstić information content (AvgIpc) is 3.11. The largest absolute Gasteiger partial charge is 0.504 e. The van der Waals surface area contributed by atoms with E-state index in [4.69, 9.17) is 15.2 Å². The first kappa shape index (κ1) is 16.5. The van der Waals surface area contributed by atoms with Crippen molar-refractivity contribution >= 4 is 0 Å². The van der Waals surface area contributed by atoms with Crippen LogP contribution >= 0.6 is 0 Å². The third-order valence-electron chi connectivity index (χ3n) is 4.54. The molecule has 0 aliphatic carbocycles. The Balaban J connectivity index is 1.96. The molecule has 7 nitrogen and oxygen atoms in total. The Morgan fingerprint density at radius 1 is 1.26 bits per heavy atom. The number of nitriles is 1. The number of hydrogen-bond acceptors (Lipinski definition) is 6. The van der Waals surface area contributed by atoms with Crippen LogP contribution in [0.2, 0.25) is 0 Å². The number of ether oxygens (including phenoxy) is 2. The molecule has 0 unspecified atom stereocenters. The van der Waals surface area contributed by atoms with Gasteiger partial charge >= 0.3 is 0 Å². The monoisotopic (exact) mass is 360 g/mol. The summed E-state index contributed by atoms with van der Waals surface area (Å²) in [7, 11) is 1.47. The normalized spacial score (nSPS) is 15.6. The third kappa shape index (κ3) is 2.64.